The van der Waals surface area contributed by atoms with E-state index in [-0.39, 0.29) is 0 Å². The molecule has 0 aromatic rings. The van der Waals surface area contributed by atoms with Crippen molar-refractivity contribution in [2.24, 2.45) is 0 Å². The quantitative estimate of drug-likeness (QED) is 0.254. The molecule has 0 aliphatic rings. The first kappa shape index (κ1) is 34.9. The van der Waals surface area contributed by atoms with E-state index in [0.29, 0.717) is 0 Å². The topological polar surface area (TPSA) is 37.3 Å². The first-order valence-electron chi connectivity index (χ1n) is 7.92. The number of rotatable bonds is 11. The zero-order valence-electron chi connectivity index (χ0n) is 16.0. The maximum atomic E-state index is 13.5. The van der Waals surface area contributed by atoms with Gasteiger partial charge in [-0.1, -0.05) is 0 Å². The lowest BCUT2D eigenvalue weighted by Crippen LogP contribution is -2.77. The lowest BCUT2D eigenvalue weighted by atomic mass is 9.85. The summed E-state index contributed by atoms with van der Waals surface area (Å²) in [4.78, 5) is 10.0. The Kier molecular flexibility index (Phi) is 8.24. The third-order valence-corrected chi connectivity index (χ3v) is 4.28. The van der Waals surface area contributed by atoms with E-state index in [4.69, 9.17) is 5.11 Å². The van der Waals surface area contributed by atoms with Gasteiger partial charge in [0.15, 0.2) is 6.17 Å². The second-order valence-corrected chi connectivity index (χ2v) is 6.78. The van der Waals surface area contributed by atoms with E-state index in [1.807, 2.05) is 0 Å². The van der Waals surface area contributed by atoms with E-state index < -0.39 is 78.0 Å². The van der Waals surface area contributed by atoms with Crippen molar-refractivity contribution in [2.75, 3.05) is 0 Å². The minimum atomic E-state index is -9.34. The van der Waals surface area contributed by atoms with Crippen LogP contribution in [0, 0.1) is 0 Å². The van der Waals surface area contributed by atoms with Crippen LogP contribution in [0.5, 0.6) is 0 Å². The summed E-state index contributed by atoms with van der Waals surface area (Å²) in [5, 5.41) is 7.93. The SMILES string of the molecule is O=C(O)CC(F)C(F)(F)C(F)(F)C(F)(F)C(F)(F)C(F)(F)C(F)(F)C(F)(F)C(F)(F)C(F)(F)C(F)(F)F. The Bertz CT molecular complexity index is 853. The Morgan fingerprint density at radius 2 is 0.676 bits per heavy atom. The molecule has 0 bridgehead atoms. The number of carbonyl (C=O) groups is 1. The van der Waals surface area contributed by atoms with Crippen molar-refractivity contribution in [1.82, 2.24) is 0 Å². The summed E-state index contributed by atoms with van der Waals surface area (Å²) in [5.41, 5.74) is 0. The van der Waals surface area contributed by atoms with E-state index in [9.17, 15) is 101 Å². The summed E-state index contributed by atoms with van der Waals surface area (Å²) in [6.45, 7) is 0. The predicted octanol–water partition coefficient (Wildman–Crippen LogP) is 7.08. The molecule has 0 aliphatic heterocycles. The van der Waals surface area contributed by atoms with Crippen molar-refractivity contribution in [1.29, 1.82) is 0 Å². The van der Waals surface area contributed by atoms with Crippen LogP contribution in [0.3, 0.4) is 0 Å². The first-order valence-corrected chi connectivity index (χ1v) is 7.92. The van der Waals surface area contributed by atoms with Gasteiger partial charge in [0.1, 0.15) is 0 Å². The fraction of sp³-hybridized carbons (Fsp3) is 0.923. The Hall–Kier alpha value is -2.07. The molecule has 2 nitrogen and oxygen atoms in total. The van der Waals surface area contributed by atoms with Crippen molar-refractivity contribution in [2.45, 2.75) is 72.1 Å². The molecule has 24 heteroatoms. The molecule has 0 saturated heterocycles. The molecule has 0 heterocycles. The Labute approximate surface area is 186 Å². The summed E-state index contributed by atoms with van der Waals surface area (Å²) in [7, 11) is 0. The highest BCUT2D eigenvalue weighted by atomic mass is 19.4. The minimum absolute atomic E-state index is 2.94. The van der Waals surface area contributed by atoms with Crippen LogP contribution in [0.2, 0.25) is 0 Å². The zero-order chi connectivity index (χ0) is 30.9. The monoisotopic (exact) mass is 610 g/mol. The molecule has 1 unspecified atom stereocenters. The molecule has 0 amide bonds. The number of alkyl halides is 22. The van der Waals surface area contributed by atoms with Gasteiger partial charge in [0, 0.05) is 0 Å². The number of aliphatic carboxylic acids is 1. The molecular formula is C13H4F22O2. The molecule has 0 spiro atoms. The van der Waals surface area contributed by atoms with Gasteiger partial charge in [0.25, 0.3) is 0 Å². The summed E-state index contributed by atoms with van der Waals surface area (Å²) >= 11 is 0. The third kappa shape index (κ3) is 4.37. The fourth-order valence-electron chi connectivity index (χ4n) is 2.05. The van der Waals surface area contributed by atoms with Gasteiger partial charge in [-0.3, -0.25) is 4.79 Å². The summed E-state index contributed by atoms with van der Waals surface area (Å²) in [6, 6.07) is 0. The van der Waals surface area contributed by atoms with E-state index in [0.717, 1.165) is 0 Å². The molecule has 0 saturated carbocycles. The molecule has 0 aromatic carbocycles. The van der Waals surface area contributed by atoms with Gasteiger partial charge in [-0.15, -0.1) is 0 Å². The van der Waals surface area contributed by atoms with Gasteiger partial charge in [0.2, 0.25) is 0 Å². The molecule has 37 heavy (non-hydrogen) atoms. The first-order chi connectivity index (χ1) is 15.6. The van der Waals surface area contributed by atoms with Crippen LogP contribution in [0.25, 0.3) is 0 Å². The maximum Gasteiger partial charge on any atom is 0.460 e. The second kappa shape index (κ2) is 8.73. The molecule has 0 fully saturated rings. The summed E-state index contributed by atoms with van der Waals surface area (Å²) < 4.78 is 287. The van der Waals surface area contributed by atoms with Crippen molar-refractivity contribution < 1.29 is 106 Å². The number of hydrogen-bond donors (Lipinski definition) is 1. The van der Waals surface area contributed by atoms with Crippen LogP contribution in [-0.4, -0.2) is 76.7 Å². The molecule has 0 radical (unpaired) electrons. The van der Waals surface area contributed by atoms with Crippen LogP contribution < -0.4 is 0 Å². The highest BCUT2D eigenvalue weighted by Gasteiger charge is 2.98. The zero-order valence-corrected chi connectivity index (χ0v) is 16.0. The molecule has 1 atom stereocenters. The average Bonchev–Trinajstić information content (AvgIpc) is 2.65. The lowest BCUT2D eigenvalue weighted by molar-refractivity contribution is -0.475. The molecule has 0 aromatic heterocycles. The third-order valence-electron chi connectivity index (χ3n) is 4.28. The largest absolute Gasteiger partial charge is 0.481 e. The van der Waals surface area contributed by atoms with Gasteiger partial charge in [-0.2, -0.15) is 92.2 Å². The summed E-state index contributed by atoms with van der Waals surface area (Å²) in [6.07, 6.45) is -16.4. The van der Waals surface area contributed by atoms with Crippen molar-refractivity contribution in [3.05, 3.63) is 0 Å². The fourth-order valence-corrected chi connectivity index (χ4v) is 2.05. The van der Waals surface area contributed by atoms with Crippen LogP contribution >= 0.6 is 0 Å². The predicted molar refractivity (Wildman–Crippen MR) is 67.7 cm³/mol. The number of hydrogen-bond acceptors (Lipinski definition) is 1. The number of carboxylic acids is 1. The van der Waals surface area contributed by atoms with E-state index >= 15 is 0 Å². The highest BCUT2D eigenvalue weighted by molar-refractivity contribution is 5.67. The van der Waals surface area contributed by atoms with Gasteiger partial charge in [-0.25, -0.2) is 4.39 Å². The van der Waals surface area contributed by atoms with Crippen LogP contribution in [0.1, 0.15) is 6.42 Å². The summed E-state index contributed by atoms with van der Waals surface area (Å²) in [5.74, 6) is -82.6. The van der Waals surface area contributed by atoms with Crippen LogP contribution in [-0.2, 0) is 4.79 Å². The smallest absolute Gasteiger partial charge is 0.460 e. The molecule has 1 N–H and O–H groups in total. The maximum absolute atomic E-state index is 13.5. The molecule has 0 rings (SSSR count). The average molecular weight is 610 g/mol. The number of halogens is 22. The Morgan fingerprint density at radius 1 is 0.459 bits per heavy atom. The van der Waals surface area contributed by atoms with Crippen LogP contribution in [0.15, 0.2) is 0 Å². The van der Waals surface area contributed by atoms with Crippen molar-refractivity contribution >= 4 is 5.97 Å². The second-order valence-electron chi connectivity index (χ2n) is 6.78. The normalized spacial score (nSPS) is 17.1. The Morgan fingerprint density at radius 3 is 0.892 bits per heavy atom. The lowest BCUT2D eigenvalue weighted by Gasteiger charge is -2.44. The molecular weight excluding hydrogens is 606 g/mol. The minimum Gasteiger partial charge on any atom is -0.481 e. The van der Waals surface area contributed by atoms with Crippen LogP contribution in [0.4, 0.5) is 96.6 Å². The van der Waals surface area contributed by atoms with E-state index in [1.54, 1.807) is 0 Å². The van der Waals surface area contributed by atoms with Gasteiger partial charge in [0.05, 0.1) is 6.42 Å². The van der Waals surface area contributed by atoms with E-state index in [1.165, 1.54) is 0 Å². The van der Waals surface area contributed by atoms with E-state index in [2.05, 4.69) is 0 Å². The molecule has 222 valence electrons. The van der Waals surface area contributed by atoms with Gasteiger partial charge >= 0.3 is 65.4 Å². The molecule has 0 aliphatic carbocycles. The van der Waals surface area contributed by atoms with Crippen molar-refractivity contribution in [3.8, 4) is 0 Å². The standard InChI is InChI=1S/C13H4F22O2/c14-2(1-3(36)37)4(15,16)5(17,18)6(19,20)7(21,22)8(23,24)9(25,26)10(27,28)11(29,30)12(31,32)13(33,34)35/h2H,1H2,(H,36,37). The highest BCUT2D eigenvalue weighted by Crippen LogP contribution is 2.66. The Balaban J connectivity index is 7.08. The number of carboxylic acid groups (broad SMARTS) is 1. The van der Waals surface area contributed by atoms with Gasteiger partial charge in [-0.05, 0) is 0 Å². The van der Waals surface area contributed by atoms with Crippen molar-refractivity contribution in [3.63, 3.8) is 0 Å². The van der Waals surface area contributed by atoms with Gasteiger partial charge < -0.3 is 5.11 Å².